The zero-order chi connectivity index (χ0) is 48.8. The maximum atomic E-state index is 17.5. The van der Waals surface area contributed by atoms with Crippen LogP contribution in [0.5, 0.6) is 0 Å². The Balaban J connectivity index is 1.41. The highest BCUT2D eigenvalue weighted by atomic mass is 19.3. The monoisotopic (exact) mass is 925 g/mol. The molecule has 2 fully saturated rings. The molecule has 2 aromatic heterocycles. The summed E-state index contributed by atoms with van der Waals surface area (Å²) in [6.07, 6.45) is 4.76. The Bertz CT molecular complexity index is 2460. The van der Waals surface area contributed by atoms with Crippen molar-refractivity contribution in [2.75, 3.05) is 46.9 Å². The number of ether oxygens (including phenoxy) is 2. The second-order valence-electron chi connectivity index (χ2n) is 18.7. The lowest BCUT2D eigenvalue weighted by Gasteiger charge is -2.37. The second-order valence-corrected chi connectivity index (χ2v) is 18.7. The lowest BCUT2D eigenvalue weighted by Crippen LogP contribution is -2.63. The fourth-order valence-corrected chi connectivity index (χ4v) is 9.54. The number of nitrogens with one attached hydrogen (secondary N) is 2. The van der Waals surface area contributed by atoms with E-state index in [1.54, 1.807) is 33.2 Å². The molecular weight excluding hydrogens is 861 g/mol. The Morgan fingerprint density at radius 1 is 1.04 bits per heavy atom. The number of halogens is 2. The van der Waals surface area contributed by atoms with E-state index in [-0.39, 0.29) is 31.7 Å². The van der Waals surface area contributed by atoms with Crippen LogP contribution in [0.2, 0.25) is 0 Å². The smallest absolute Gasteiger partial charge is 0.302 e. The minimum absolute atomic E-state index is 0.143. The summed E-state index contributed by atoms with van der Waals surface area (Å²) in [7, 11) is 3.08. The van der Waals surface area contributed by atoms with Crippen LogP contribution < -0.4 is 10.7 Å². The van der Waals surface area contributed by atoms with Gasteiger partial charge in [-0.15, -0.1) is 0 Å². The van der Waals surface area contributed by atoms with Crippen LogP contribution in [0.15, 0.2) is 73.4 Å². The van der Waals surface area contributed by atoms with Crippen molar-refractivity contribution in [2.45, 2.75) is 97.9 Å². The number of amides is 4. The first-order valence-corrected chi connectivity index (χ1v) is 23.1. The van der Waals surface area contributed by atoms with Crippen molar-refractivity contribution in [1.29, 1.82) is 0 Å². The number of likely N-dealkylation sites (tertiary alicyclic amines) is 1. The molecule has 2 saturated heterocycles. The molecule has 2 aliphatic heterocycles. The number of aromatic nitrogens is 2. The third-order valence-corrected chi connectivity index (χ3v) is 13.1. The molecule has 4 heterocycles. The first kappa shape index (κ1) is 50.4. The molecule has 4 atom stereocenters. The predicted molar refractivity (Wildman–Crippen MR) is 252 cm³/mol. The van der Waals surface area contributed by atoms with Crippen LogP contribution in [0.4, 0.5) is 8.78 Å². The van der Waals surface area contributed by atoms with Gasteiger partial charge in [0.05, 0.1) is 30.0 Å². The topological polar surface area (TPSA) is 155 Å². The van der Waals surface area contributed by atoms with Gasteiger partial charge in [0.25, 0.3) is 12.4 Å². The van der Waals surface area contributed by atoms with Crippen molar-refractivity contribution < 1.29 is 42.2 Å². The van der Waals surface area contributed by atoms with Crippen LogP contribution in [-0.4, -0.2) is 113 Å². The standard InChI is InChI=1S/C51H65F2N7O7/c1-10-42(62)58-25-21-36(29-58)48(64)57(8)44(32(3)4)47(63)56-46(49(65)60-24-13-12-23-55-60)51(52,53)37-17-14-16-34(26-37)35-19-20-41-39(27-35)40(28-50(6,7)30-67-31-61)45(59(41)11-2)38-18-15-22-54-43(38)33(5)66-9/h10,14-20,22,26-27,31-33,36,44,46,55H,1,11-13,21,23-25,28-30H2,2-9H3,(H,56,63). The number of pyridine rings is 1. The molecule has 2 aliphatic rings. The zero-order valence-electron chi connectivity index (χ0n) is 39.9. The van der Waals surface area contributed by atoms with E-state index >= 15 is 8.78 Å². The van der Waals surface area contributed by atoms with E-state index in [1.807, 2.05) is 51.1 Å². The molecule has 4 unspecified atom stereocenters. The minimum atomic E-state index is -3.94. The van der Waals surface area contributed by atoms with Crippen LogP contribution in [-0.2, 0) is 52.3 Å². The number of aryl methyl sites for hydroxylation is 1. The lowest BCUT2D eigenvalue weighted by atomic mass is 9.84. The van der Waals surface area contributed by atoms with Gasteiger partial charge in [-0.1, -0.05) is 58.5 Å². The summed E-state index contributed by atoms with van der Waals surface area (Å²) in [5, 5.41) is 4.45. The molecule has 0 bridgehead atoms. The maximum absolute atomic E-state index is 17.5. The summed E-state index contributed by atoms with van der Waals surface area (Å²) in [6, 6.07) is 12.0. The molecule has 0 spiro atoms. The summed E-state index contributed by atoms with van der Waals surface area (Å²) in [4.78, 5) is 73.5. The van der Waals surface area contributed by atoms with Gasteiger partial charge < -0.3 is 29.2 Å². The number of alkyl halides is 2. The Hall–Kier alpha value is -6.00. The molecule has 2 N–H and O–H groups in total. The molecule has 0 aliphatic carbocycles. The molecular formula is C51H65F2N7O7. The number of likely N-dealkylation sites (N-methyl/N-ethyl adjacent to an activating group) is 1. The van der Waals surface area contributed by atoms with Gasteiger partial charge >= 0.3 is 5.92 Å². The molecule has 6 rings (SSSR count). The predicted octanol–water partition coefficient (Wildman–Crippen LogP) is 7.06. The van der Waals surface area contributed by atoms with Crippen LogP contribution in [0.3, 0.4) is 0 Å². The van der Waals surface area contributed by atoms with Crippen molar-refractivity contribution in [3.05, 3.63) is 90.3 Å². The van der Waals surface area contributed by atoms with E-state index in [2.05, 4.69) is 28.8 Å². The number of hydrogen-bond acceptors (Lipinski definition) is 9. The number of carbonyl (C=O) groups excluding carboxylic acids is 5. The Kier molecular flexibility index (Phi) is 16.0. The average molecular weight is 926 g/mol. The Morgan fingerprint density at radius 3 is 2.45 bits per heavy atom. The number of hydrogen-bond donors (Lipinski definition) is 2. The number of fused-ring (bicyclic) bond motifs is 1. The summed E-state index contributed by atoms with van der Waals surface area (Å²) in [5.41, 5.74) is 7.42. The third kappa shape index (κ3) is 10.8. The van der Waals surface area contributed by atoms with Gasteiger partial charge in [0.1, 0.15) is 6.04 Å². The van der Waals surface area contributed by atoms with Crippen LogP contribution in [0.1, 0.15) is 83.7 Å². The first-order valence-electron chi connectivity index (χ1n) is 23.1. The molecule has 4 aromatic rings. The fourth-order valence-electron chi connectivity index (χ4n) is 9.54. The lowest BCUT2D eigenvalue weighted by molar-refractivity contribution is -0.155. The van der Waals surface area contributed by atoms with Gasteiger partial charge in [0, 0.05) is 80.5 Å². The highest BCUT2D eigenvalue weighted by Gasteiger charge is 2.50. The largest absolute Gasteiger partial charge is 0.467 e. The van der Waals surface area contributed by atoms with Gasteiger partial charge in [0.15, 0.2) is 6.04 Å². The summed E-state index contributed by atoms with van der Waals surface area (Å²) in [6.45, 7) is 17.2. The van der Waals surface area contributed by atoms with E-state index in [0.29, 0.717) is 56.5 Å². The molecule has 16 heteroatoms. The summed E-state index contributed by atoms with van der Waals surface area (Å²) < 4.78 is 48.1. The molecule has 0 saturated carbocycles. The van der Waals surface area contributed by atoms with Crippen LogP contribution in [0, 0.1) is 17.3 Å². The molecule has 67 heavy (non-hydrogen) atoms. The number of methoxy groups -OCH3 is 1. The van der Waals surface area contributed by atoms with Gasteiger partial charge in [0.2, 0.25) is 17.7 Å². The summed E-state index contributed by atoms with van der Waals surface area (Å²) >= 11 is 0. The van der Waals surface area contributed by atoms with E-state index in [0.717, 1.165) is 44.8 Å². The normalized spacial score (nSPS) is 17.0. The third-order valence-electron chi connectivity index (χ3n) is 13.1. The second kappa shape index (κ2) is 21.3. The SMILES string of the molecule is C=CC(=O)N1CCC(C(=O)N(C)C(C(=O)NC(C(=O)N2CCCCN2)C(F)(F)c2cccc(-c3ccc4c(c3)c(CC(C)(C)COC=O)c(-c3cccnc3C(C)OC)n4CC)c2)C(C)C)C1. The van der Waals surface area contributed by atoms with Gasteiger partial charge in [-0.3, -0.25) is 34.0 Å². The van der Waals surface area contributed by atoms with Crippen LogP contribution >= 0.6 is 0 Å². The zero-order valence-corrected chi connectivity index (χ0v) is 39.9. The van der Waals surface area contributed by atoms with Gasteiger partial charge in [-0.2, -0.15) is 8.78 Å². The maximum Gasteiger partial charge on any atom is 0.302 e. The molecule has 4 amide bonds. The van der Waals surface area contributed by atoms with Crippen molar-refractivity contribution in [3.8, 4) is 22.4 Å². The number of carbonyl (C=O) groups is 5. The molecule has 0 radical (unpaired) electrons. The number of hydrazine groups is 1. The first-order chi connectivity index (χ1) is 31.9. The summed E-state index contributed by atoms with van der Waals surface area (Å²) in [5.74, 6) is -7.68. The highest BCUT2D eigenvalue weighted by Crippen LogP contribution is 2.43. The number of nitrogens with zero attached hydrogens (tertiary/aromatic N) is 5. The number of rotatable bonds is 19. The van der Waals surface area contributed by atoms with Crippen LogP contribution in [0.25, 0.3) is 33.3 Å². The van der Waals surface area contributed by atoms with E-state index in [1.165, 1.54) is 41.1 Å². The fraction of sp³-hybridized carbons (Fsp3) is 0.490. The molecule has 2 aromatic carbocycles. The van der Waals surface area contributed by atoms with E-state index in [9.17, 15) is 24.0 Å². The van der Waals surface area contributed by atoms with Gasteiger partial charge in [-0.25, -0.2) is 5.43 Å². The van der Waals surface area contributed by atoms with E-state index < -0.39 is 58.5 Å². The van der Waals surface area contributed by atoms with Crippen molar-refractivity contribution in [2.24, 2.45) is 17.3 Å². The molecule has 14 nitrogen and oxygen atoms in total. The highest BCUT2D eigenvalue weighted by molar-refractivity contribution is 5.96. The quantitative estimate of drug-likeness (QED) is 0.0743. The Morgan fingerprint density at radius 2 is 1.79 bits per heavy atom. The van der Waals surface area contributed by atoms with Gasteiger partial charge in [-0.05, 0) is 98.5 Å². The Labute approximate surface area is 392 Å². The van der Waals surface area contributed by atoms with Crippen molar-refractivity contribution in [3.63, 3.8) is 0 Å². The van der Waals surface area contributed by atoms with Crippen molar-refractivity contribution in [1.82, 2.24) is 35.1 Å². The van der Waals surface area contributed by atoms with E-state index in [4.69, 9.17) is 14.5 Å². The molecule has 360 valence electrons. The van der Waals surface area contributed by atoms with Crippen molar-refractivity contribution >= 4 is 41.0 Å². The minimum Gasteiger partial charge on any atom is -0.467 e. The number of benzene rings is 2. The average Bonchev–Trinajstić information content (AvgIpc) is 3.94.